The van der Waals surface area contributed by atoms with Gasteiger partial charge in [0.05, 0.1) is 12.8 Å². The summed E-state index contributed by atoms with van der Waals surface area (Å²) in [5.41, 5.74) is 3.57. The van der Waals surface area contributed by atoms with Crippen LogP contribution >= 0.6 is 0 Å². The second-order valence-electron chi connectivity index (χ2n) is 7.08. The molecular weight excluding hydrogens is 302 g/mol. The van der Waals surface area contributed by atoms with Gasteiger partial charge in [-0.15, -0.1) is 0 Å². The van der Waals surface area contributed by atoms with E-state index in [1.807, 2.05) is 20.2 Å². The molecule has 2 N–H and O–H groups in total. The standard InChI is InChI=1S/C19H27N3O2/c1-13-8-16-17(6-5-7-24-18(16)9-14(13)2)20-12-19(3,23)15-10-21-22(4)11-15/h8-11,17,20,23H,5-7,12H2,1-4H3. The SMILES string of the molecule is Cc1cc2c(cc1C)C(NCC(C)(O)c1cnn(C)c1)CCCO2. The smallest absolute Gasteiger partial charge is 0.124 e. The van der Waals surface area contributed by atoms with Crippen LogP contribution < -0.4 is 10.1 Å². The molecule has 0 radical (unpaired) electrons. The van der Waals surface area contributed by atoms with E-state index in [0.29, 0.717) is 6.54 Å². The number of hydrogen-bond acceptors (Lipinski definition) is 4. The van der Waals surface area contributed by atoms with Gasteiger partial charge in [-0.05, 0) is 50.8 Å². The first-order valence-electron chi connectivity index (χ1n) is 8.55. The number of ether oxygens (including phenoxy) is 1. The van der Waals surface area contributed by atoms with Gasteiger partial charge in [0.15, 0.2) is 0 Å². The van der Waals surface area contributed by atoms with Crippen molar-refractivity contribution in [3.63, 3.8) is 0 Å². The Labute approximate surface area is 143 Å². The monoisotopic (exact) mass is 329 g/mol. The van der Waals surface area contributed by atoms with Crippen LogP contribution in [0, 0.1) is 13.8 Å². The molecule has 1 aliphatic heterocycles. The average molecular weight is 329 g/mol. The number of aromatic nitrogens is 2. The maximum atomic E-state index is 10.8. The van der Waals surface area contributed by atoms with Gasteiger partial charge in [-0.25, -0.2) is 0 Å². The molecule has 2 atom stereocenters. The summed E-state index contributed by atoms with van der Waals surface area (Å²) < 4.78 is 7.63. The Balaban J connectivity index is 1.79. The van der Waals surface area contributed by atoms with E-state index in [1.165, 1.54) is 16.7 Å². The van der Waals surface area contributed by atoms with Crippen LogP contribution in [0.4, 0.5) is 0 Å². The lowest BCUT2D eigenvalue weighted by molar-refractivity contribution is 0.0533. The van der Waals surface area contributed by atoms with Crippen molar-refractivity contribution in [3.05, 3.63) is 46.8 Å². The Morgan fingerprint density at radius 3 is 2.83 bits per heavy atom. The van der Waals surface area contributed by atoms with Gasteiger partial charge in [0.25, 0.3) is 0 Å². The van der Waals surface area contributed by atoms with Crippen molar-refractivity contribution in [2.24, 2.45) is 7.05 Å². The molecule has 2 aromatic rings. The average Bonchev–Trinajstić information content (AvgIpc) is 2.88. The zero-order chi connectivity index (χ0) is 17.3. The van der Waals surface area contributed by atoms with E-state index < -0.39 is 5.60 Å². The van der Waals surface area contributed by atoms with Crippen molar-refractivity contribution in [2.75, 3.05) is 13.2 Å². The topological polar surface area (TPSA) is 59.3 Å². The van der Waals surface area contributed by atoms with Crippen LogP contribution in [0.2, 0.25) is 0 Å². The number of fused-ring (bicyclic) bond motifs is 1. The summed E-state index contributed by atoms with van der Waals surface area (Å²) >= 11 is 0. The fourth-order valence-electron chi connectivity index (χ4n) is 3.17. The second-order valence-corrected chi connectivity index (χ2v) is 7.08. The molecular formula is C19H27N3O2. The Kier molecular flexibility index (Phi) is 4.65. The number of aryl methyl sites for hydroxylation is 3. The molecule has 130 valence electrons. The number of hydrogen-bond donors (Lipinski definition) is 2. The lowest BCUT2D eigenvalue weighted by Gasteiger charge is -2.27. The van der Waals surface area contributed by atoms with Crippen LogP contribution in [0.3, 0.4) is 0 Å². The fraction of sp³-hybridized carbons (Fsp3) is 0.526. The zero-order valence-corrected chi connectivity index (χ0v) is 15.0. The molecule has 3 rings (SSSR count). The maximum Gasteiger partial charge on any atom is 0.124 e. The molecule has 0 amide bonds. The maximum absolute atomic E-state index is 10.8. The molecule has 0 fully saturated rings. The second kappa shape index (κ2) is 6.57. The molecule has 5 heteroatoms. The lowest BCUT2D eigenvalue weighted by Crippen LogP contribution is -2.37. The third-order valence-corrected chi connectivity index (χ3v) is 4.92. The summed E-state index contributed by atoms with van der Waals surface area (Å²) in [6, 6.07) is 4.53. The van der Waals surface area contributed by atoms with E-state index in [4.69, 9.17) is 4.74 Å². The zero-order valence-electron chi connectivity index (χ0n) is 15.0. The van der Waals surface area contributed by atoms with Crippen LogP contribution in [-0.2, 0) is 12.6 Å². The van der Waals surface area contributed by atoms with Crippen molar-refractivity contribution < 1.29 is 9.84 Å². The summed E-state index contributed by atoms with van der Waals surface area (Å²) in [7, 11) is 1.86. The quantitative estimate of drug-likeness (QED) is 0.905. The molecule has 2 unspecified atom stereocenters. The van der Waals surface area contributed by atoms with Gasteiger partial charge in [-0.1, -0.05) is 6.07 Å². The highest BCUT2D eigenvalue weighted by molar-refractivity contribution is 5.44. The number of nitrogens with zero attached hydrogens (tertiary/aromatic N) is 2. The number of nitrogens with one attached hydrogen (secondary N) is 1. The first-order valence-corrected chi connectivity index (χ1v) is 8.55. The van der Waals surface area contributed by atoms with Crippen LogP contribution in [0.5, 0.6) is 5.75 Å². The summed E-state index contributed by atoms with van der Waals surface area (Å²) in [6.45, 7) is 7.27. The van der Waals surface area contributed by atoms with Gasteiger partial charge in [0.2, 0.25) is 0 Å². The number of aliphatic hydroxyl groups is 1. The van der Waals surface area contributed by atoms with Gasteiger partial charge in [-0.3, -0.25) is 4.68 Å². The van der Waals surface area contributed by atoms with E-state index in [0.717, 1.165) is 30.8 Å². The van der Waals surface area contributed by atoms with Gasteiger partial charge < -0.3 is 15.2 Å². The lowest BCUT2D eigenvalue weighted by atomic mass is 9.95. The highest BCUT2D eigenvalue weighted by Gasteiger charge is 2.28. The molecule has 2 heterocycles. The molecule has 0 bridgehead atoms. The van der Waals surface area contributed by atoms with Crippen molar-refractivity contribution in [2.45, 2.75) is 45.3 Å². The summed E-state index contributed by atoms with van der Waals surface area (Å²) in [4.78, 5) is 0. The Morgan fingerprint density at radius 2 is 2.12 bits per heavy atom. The van der Waals surface area contributed by atoms with Crippen LogP contribution in [-0.4, -0.2) is 28.0 Å². The normalized spacial score (nSPS) is 20.0. The molecule has 5 nitrogen and oxygen atoms in total. The van der Waals surface area contributed by atoms with E-state index in [-0.39, 0.29) is 6.04 Å². The molecule has 24 heavy (non-hydrogen) atoms. The molecule has 1 aromatic carbocycles. The highest BCUT2D eigenvalue weighted by atomic mass is 16.5. The van der Waals surface area contributed by atoms with Crippen LogP contribution in [0.15, 0.2) is 24.5 Å². The van der Waals surface area contributed by atoms with Gasteiger partial charge in [0.1, 0.15) is 11.4 Å². The number of rotatable bonds is 4. The molecule has 0 aliphatic carbocycles. The summed E-state index contributed by atoms with van der Waals surface area (Å²) in [5.74, 6) is 0.967. The molecule has 0 saturated heterocycles. The molecule has 0 spiro atoms. The molecule has 0 saturated carbocycles. The third kappa shape index (κ3) is 3.47. The largest absolute Gasteiger partial charge is 0.493 e. The Bertz CT molecular complexity index is 721. The van der Waals surface area contributed by atoms with Crippen LogP contribution in [0.25, 0.3) is 0 Å². The Hall–Kier alpha value is -1.85. The third-order valence-electron chi connectivity index (χ3n) is 4.92. The van der Waals surface area contributed by atoms with Crippen molar-refractivity contribution in [1.29, 1.82) is 0 Å². The van der Waals surface area contributed by atoms with Gasteiger partial charge in [-0.2, -0.15) is 5.10 Å². The van der Waals surface area contributed by atoms with Crippen molar-refractivity contribution in [3.8, 4) is 5.75 Å². The fourth-order valence-corrected chi connectivity index (χ4v) is 3.17. The molecule has 1 aromatic heterocycles. The summed E-state index contributed by atoms with van der Waals surface area (Å²) in [5, 5.41) is 18.5. The predicted molar refractivity (Wildman–Crippen MR) is 94.2 cm³/mol. The minimum atomic E-state index is -0.957. The molecule has 1 aliphatic rings. The minimum Gasteiger partial charge on any atom is -0.493 e. The van der Waals surface area contributed by atoms with Crippen molar-refractivity contribution >= 4 is 0 Å². The Morgan fingerprint density at radius 1 is 1.38 bits per heavy atom. The van der Waals surface area contributed by atoms with E-state index in [1.54, 1.807) is 10.9 Å². The van der Waals surface area contributed by atoms with Crippen LogP contribution in [0.1, 0.15) is 48.1 Å². The number of benzene rings is 1. The first kappa shape index (κ1) is 17.0. The van der Waals surface area contributed by atoms with E-state index in [2.05, 4.69) is 36.4 Å². The van der Waals surface area contributed by atoms with E-state index >= 15 is 0 Å². The first-order chi connectivity index (χ1) is 11.4. The summed E-state index contributed by atoms with van der Waals surface area (Å²) in [6.07, 6.45) is 5.58. The van der Waals surface area contributed by atoms with Crippen molar-refractivity contribution in [1.82, 2.24) is 15.1 Å². The van der Waals surface area contributed by atoms with E-state index in [9.17, 15) is 5.11 Å². The van der Waals surface area contributed by atoms with Gasteiger partial charge in [0, 0.05) is 37.0 Å². The van der Waals surface area contributed by atoms with Gasteiger partial charge >= 0.3 is 0 Å². The minimum absolute atomic E-state index is 0.185. The highest BCUT2D eigenvalue weighted by Crippen LogP contribution is 2.34. The predicted octanol–water partition coefficient (Wildman–Crippen LogP) is 2.75.